The highest BCUT2D eigenvalue weighted by molar-refractivity contribution is 5.68. The molecule has 0 unspecified atom stereocenters. The van der Waals surface area contributed by atoms with Crippen LogP contribution in [0.5, 0.6) is 0 Å². The average molecular weight is 463 g/mol. The second-order valence-electron chi connectivity index (χ2n) is 10.3. The number of hydrogen-bond donors (Lipinski definition) is 1. The van der Waals surface area contributed by atoms with Gasteiger partial charge in [0.1, 0.15) is 5.60 Å². The highest BCUT2D eigenvalue weighted by Crippen LogP contribution is 2.32. The standard InChI is InChI=1S/C26H34N6O2/c1-26(2,3)34-25(33)32-14-10-20-16-28-24(30-23(20)17-32)29-21-5-6-22(19(15-21)7-11-27)18-8-12-31(4)13-9-18/h5-6,15-16,18H,7-10,12-14,17H2,1-4H3,(H,28,29,30). The summed E-state index contributed by atoms with van der Waals surface area (Å²) in [5, 5.41) is 12.7. The molecule has 1 N–H and O–H groups in total. The minimum Gasteiger partial charge on any atom is -0.444 e. The number of nitrogens with zero attached hydrogens (tertiary/aromatic N) is 5. The van der Waals surface area contributed by atoms with Crippen LogP contribution >= 0.6 is 0 Å². The lowest BCUT2D eigenvalue weighted by Crippen LogP contribution is -2.40. The number of anilines is 2. The number of carbonyl (C=O) groups excluding carboxylic acids is 1. The maximum atomic E-state index is 12.5. The summed E-state index contributed by atoms with van der Waals surface area (Å²) in [6.45, 7) is 8.76. The number of fused-ring (bicyclic) bond motifs is 1. The van der Waals surface area contributed by atoms with Crippen LogP contribution in [0.25, 0.3) is 0 Å². The van der Waals surface area contributed by atoms with Crippen molar-refractivity contribution >= 4 is 17.7 Å². The first-order chi connectivity index (χ1) is 16.2. The number of likely N-dealkylation sites (tertiary alicyclic amines) is 1. The molecule has 8 heteroatoms. The van der Waals surface area contributed by atoms with Gasteiger partial charge in [-0.15, -0.1) is 0 Å². The number of ether oxygens (including phenoxy) is 1. The third-order valence-electron chi connectivity index (χ3n) is 6.42. The van der Waals surface area contributed by atoms with Gasteiger partial charge >= 0.3 is 6.09 Å². The monoisotopic (exact) mass is 462 g/mol. The summed E-state index contributed by atoms with van der Waals surface area (Å²) in [6.07, 6.45) is 4.82. The van der Waals surface area contributed by atoms with Crippen molar-refractivity contribution in [1.29, 1.82) is 5.26 Å². The van der Waals surface area contributed by atoms with Gasteiger partial charge in [-0.3, -0.25) is 0 Å². The normalized spacial score (nSPS) is 17.1. The van der Waals surface area contributed by atoms with Crippen molar-refractivity contribution in [2.24, 2.45) is 0 Å². The number of aromatic nitrogens is 2. The fourth-order valence-corrected chi connectivity index (χ4v) is 4.61. The highest BCUT2D eigenvalue weighted by atomic mass is 16.6. The fourth-order valence-electron chi connectivity index (χ4n) is 4.61. The van der Waals surface area contributed by atoms with E-state index in [1.807, 2.05) is 39.1 Å². The van der Waals surface area contributed by atoms with Crippen LogP contribution in [0.1, 0.15) is 61.9 Å². The summed E-state index contributed by atoms with van der Waals surface area (Å²) in [5.41, 5.74) is 4.55. The zero-order valence-electron chi connectivity index (χ0n) is 20.6. The van der Waals surface area contributed by atoms with E-state index in [0.29, 0.717) is 37.8 Å². The number of carbonyl (C=O) groups is 1. The Hall–Kier alpha value is -3.18. The van der Waals surface area contributed by atoms with Gasteiger partial charge in [0.05, 0.1) is 24.7 Å². The number of nitriles is 1. The summed E-state index contributed by atoms with van der Waals surface area (Å²) in [5.74, 6) is 0.979. The third-order valence-corrected chi connectivity index (χ3v) is 6.42. The first-order valence-electron chi connectivity index (χ1n) is 12.0. The zero-order valence-corrected chi connectivity index (χ0v) is 20.6. The lowest BCUT2D eigenvalue weighted by Gasteiger charge is -2.30. The predicted octanol–water partition coefficient (Wildman–Crippen LogP) is 4.39. The number of nitrogens with one attached hydrogen (secondary N) is 1. The van der Waals surface area contributed by atoms with Crippen LogP contribution < -0.4 is 5.32 Å². The van der Waals surface area contributed by atoms with Crippen molar-refractivity contribution in [3.05, 3.63) is 46.8 Å². The second kappa shape index (κ2) is 9.98. The summed E-state index contributed by atoms with van der Waals surface area (Å²) in [4.78, 5) is 25.7. The molecule has 4 rings (SSSR count). The molecule has 0 saturated carbocycles. The first-order valence-corrected chi connectivity index (χ1v) is 12.0. The molecule has 0 bridgehead atoms. The number of rotatable bonds is 4. The van der Waals surface area contributed by atoms with Crippen LogP contribution in [-0.4, -0.2) is 58.1 Å². The van der Waals surface area contributed by atoms with Crippen molar-refractivity contribution < 1.29 is 9.53 Å². The Morgan fingerprint density at radius 1 is 1.26 bits per heavy atom. The lowest BCUT2D eigenvalue weighted by molar-refractivity contribution is 0.0220. The van der Waals surface area contributed by atoms with Gasteiger partial charge in [0.15, 0.2) is 0 Å². The van der Waals surface area contributed by atoms with Gasteiger partial charge in [0, 0.05) is 18.4 Å². The van der Waals surface area contributed by atoms with Crippen LogP contribution in [0.3, 0.4) is 0 Å². The second-order valence-corrected chi connectivity index (χ2v) is 10.3. The first kappa shape index (κ1) is 24.0. The van der Waals surface area contributed by atoms with Gasteiger partial charge in [-0.1, -0.05) is 6.07 Å². The van der Waals surface area contributed by atoms with E-state index in [1.165, 1.54) is 5.56 Å². The number of piperidine rings is 1. The van der Waals surface area contributed by atoms with Crippen LogP contribution in [0.4, 0.5) is 16.4 Å². The molecule has 2 aromatic rings. The molecule has 1 aromatic heterocycles. The molecule has 1 fully saturated rings. The highest BCUT2D eigenvalue weighted by Gasteiger charge is 2.27. The molecule has 3 heterocycles. The molecule has 8 nitrogen and oxygen atoms in total. The Balaban J connectivity index is 1.49. The van der Waals surface area contributed by atoms with Crippen molar-refractivity contribution in [1.82, 2.24) is 19.8 Å². The van der Waals surface area contributed by atoms with Gasteiger partial charge in [0.2, 0.25) is 5.95 Å². The summed E-state index contributed by atoms with van der Waals surface area (Å²) < 4.78 is 5.52. The molecule has 0 aliphatic carbocycles. The van der Waals surface area contributed by atoms with Crippen LogP contribution in [0, 0.1) is 11.3 Å². The Kier molecular flexibility index (Phi) is 7.03. The van der Waals surface area contributed by atoms with Crippen LogP contribution in [-0.2, 0) is 24.1 Å². The Morgan fingerprint density at radius 3 is 2.74 bits per heavy atom. The molecule has 34 heavy (non-hydrogen) atoms. The van der Waals surface area contributed by atoms with Gasteiger partial charge in [-0.05, 0) is 94.9 Å². The van der Waals surface area contributed by atoms with Gasteiger partial charge in [-0.2, -0.15) is 5.26 Å². The van der Waals surface area contributed by atoms with Crippen molar-refractivity contribution in [2.75, 3.05) is 32.0 Å². The molecular weight excluding hydrogens is 428 g/mol. The smallest absolute Gasteiger partial charge is 0.410 e. The largest absolute Gasteiger partial charge is 0.444 e. The minimum atomic E-state index is -0.531. The maximum Gasteiger partial charge on any atom is 0.410 e. The third kappa shape index (κ3) is 5.84. The summed E-state index contributed by atoms with van der Waals surface area (Å²) in [6, 6.07) is 8.56. The van der Waals surface area contributed by atoms with Gasteiger partial charge in [0.25, 0.3) is 0 Å². The summed E-state index contributed by atoms with van der Waals surface area (Å²) >= 11 is 0. The van der Waals surface area contributed by atoms with Gasteiger partial charge in [-0.25, -0.2) is 14.8 Å². The van der Waals surface area contributed by atoms with E-state index in [2.05, 4.69) is 34.4 Å². The van der Waals surface area contributed by atoms with E-state index < -0.39 is 5.60 Å². The lowest BCUT2D eigenvalue weighted by atomic mass is 9.85. The van der Waals surface area contributed by atoms with E-state index in [0.717, 1.165) is 48.4 Å². The molecule has 0 spiro atoms. The van der Waals surface area contributed by atoms with Crippen molar-refractivity contribution in [2.45, 2.75) is 64.5 Å². The predicted molar refractivity (Wildman–Crippen MR) is 131 cm³/mol. The maximum absolute atomic E-state index is 12.5. The van der Waals surface area contributed by atoms with Crippen molar-refractivity contribution in [3.63, 3.8) is 0 Å². The average Bonchev–Trinajstić information content (AvgIpc) is 2.79. The summed E-state index contributed by atoms with van der Waals surface area (Å²) in [7, 11) is 2.16. The van der Waals surface area contributed by atoms with Crippen LogP contribution in [0.15, 0.2) is 24.4 Å². The quantitative estimate of drug-likeness (QED) is 0.720. The molecule has 1 aromatic carbocycles. The molecule has 1 amide bonds. The fraction of sp³-hybridized carbons (Fsp3) is 0.538. The number of hydrogen-bond acceptors (Lipinski definition) is 7. The molecule has 1 saturated heterocycles. The van der Waals surface area contributed by atoms with Crippen LogP contribution in [0.2, 0.25) is 0 Å². The molecule has 0 atom stereocenters. The van der Waals surface area contributed by atoms with E-state index in [1.54, 1.807) is 4.90 Å². The Morgan fingerprint density at radius 2 is 2.03 bits per heavy atom. The molecule has 0 radical (unpaired) electrons. The van der Waals surface area contributed by atoms with E-state index in [9.17, 15) is 10.1 Å². The topological polar surface area (TPSA) is 94.4 Å². The molecule has 2 aliphatic rings. The van der Waals surface area contributed by atoms with E-state index in [4.69, 9.17) is 9.72 Å². The molecule has 180 valence electrons. The van der Waals surface area contributed by atoms with Crippen molar-refractivity contribution in [3.8, 4) is 6.07 Å². The van der Waals surface area contributed by atoms with E-state index in [-0.39, 0.29) is 6.09 Å². The van der Waals surface area contributed by atoms with Gasteiger partial charge < -0.3 is 19.9 Å². The number of benzene rings is 1. The number of amides is 1. The SMILES string of the molecule is CN1CCC(c2ccc(Nc3ncc4c(n3)CN(C(=O)OC(C)(C)C)CC4)cc2CC#N)CC1. The molecule has 2 aliphatic heterocycles. The van der Waals surface area contributed by atoms with E-state index >= 15 is 0 Å². The minimum absolute atomic E-state index is 0.322. The zero-order chi connectivity index (χ0) is 24.3. The molecular formula is C26H34N6O2. The Labute approximate surface area is 201 Å². The Bertz CT molecular complexity index is 1080.